The number of likely N-dealkylation sites (N-methyl/N-ethyl adjacent to an activating group) is 1. The molecule has 0 amide bonds. The van der Waals surface area contributed by atoms with Crippen LogP contribution in [0.3, 0.4) is 0 Å². The Hall–Kier alpha value is -1.82. The molecule has 0 atom stereocenters. The van der Waals surface area contributed by atoms with Crippen LogP contribution < -0.4 is 4.90 Å². The van der Waals surface area contributed by atoms with Gasteiger partial charge in [-0.25, -0.2) is 0 Å². The molecule has 0 bridgehead atoms. The first-order chi connectivity index (χ1) is 6.74. The maximum Gasteiger partial charge on any atom is 0.166 e. The van der Waals surface area contributed by atoms with Crippen LogP contribution in [0.25, 0.3) is 0 Å². The quantitative estimate of drug-likeness (QED) is 0.721. The number of para-hydroxylation sites is 1. The van der Waals surface area contributed by atoms with Crippen LogP contribution in [0.2, 0.25) is 0 Å². The van der Waals surface area contributed by atoms with E-state index in [2.05, 4.69) is 0 Å². The van der Waals surface area contributed by atoms with Gasteiger partial charge in [0.1, 0.15) is 0 Å². The lowest BCUT2D eigenvalue weighted by molar-refractivity contribution is -0.116. The molecule has 0 N–H and O–H groups in total. The number of benzene rings is 1. The van der Waals surface area contributed by atoms with Crippen molar-refractivity contribution in [1.29, 1.82) is 5.26 Å². The van der Waals surface area contributed by atoms with Crippen LogP contribution in [0.15, 0.2) is 30.3 Å². The molecular formula is C11H12N2O. The number of carbonyl (C=O) groups is 1. The van der Waals surface area contributed by atoms with Gasteiger partial charge in [0.05, 0.1) is 19.0 Å². The van der Waals surface area contributed by atoms with Crippen LogP contribution in [0, 0.1) is 11.3 Å². The molecule has 3 heteroatoms. The molecule has 0 aromatic heterocycles. The van der Waals surface area contributed by atoms with E-state index in [0.717, 1.165) is 5.69 Å². The Kier molecular flexibility index (Phi) is 3.69. The summed E-state index contributed by atoms with van der Waals surface area (Å²) in [7, 11) is 1.84. The Labute approximate surface area is 83.6 Å². The molecule has 1 aromatic rings. The van der Waals surface area contributed by atoms with Crippen molar-refractivity contribution in [2.24, 2.45) is 0 Å². The van der Waals surface area contributed by atoms with Crippen molar-refractivity contribution in [2.75, 3.05) is 18.5 Å². The SMILES string of the molecule is CN(CC(=O)CC#N)c1ccccc1. The summed E-state index contributed by atoms with van der Waals surface area (Å²) in [4.78, 5) is 13.0. The van der Waals surface area contributed by atoms with Gasteiger partial charge in [0.15, 0.2) is 5.78 Å². The van der Waals surface area contributed by atoms with Crippen molar-refractivity contribution >= 4 is 11.5 Å². The fourth-order valence-corrected chi connectivity index (χ4v) is 1.18. The first-order valence-electron chi connectivity index (χ1n) is 4.39. The molecule has 72 valence electrons. The number of hydrogen-bond acceptors (Lipinski definition) is 3. The Morgan fingerprint density at radius 1 is 1.43 bits per heavy atom. The lowest BCUT2D eigenvalue weighted by atomic mass is 10.2. The van der Waals surface area contributed by atoms with Crippen LogP contribution in [-0.4, -0.2) is 19.4 Å². The lowest BCUT2D eigenvalue weighted by Crippen LogP contribution is -2.24. The second-order valence-corrected chi connectivity index (χ2v) is 3.07. The zero-order valence-corrected chi connectivity index (χ0v) is 8.10. The molecule has 0 saturated carbocycles. The predicted molar refractivity (Wildman–Crippen MR) is 54.9 cm³/mol. The third-order valence-electron chi connectivity index (χ3n) is 1.89. The van der Waals surface area contributed by atoms with E-state index in [1.807, 2.05) is 48.3 Å². The molecule has 0 saturated heterocycles. The van der Waals surface area contributed by atoms with E-state index in [1.54, 1.807) is 0 Å². The molecule has 0 radical (unpaired) electrons. The minimum absolute atomic E-state index is 0.0167. The summed E-state index contributed by atoms with van der Waals surface area (Å²) in [6.07, 6.45) is -0.0167. The third-order valence-corrected chi connectivity index (χ3v) is 1.89. The van der Waals surface area contributed by atoms with Crippen molar-refractivity contribution in [2.45, 2.75) is 6.42 Å². The number of Topliss-reactive ketones (excluding diaryl/α,β-unsaturated/α-hetero) is 1. The van der Waals surface area contributed by atoms with Gasteiger partial charge >= 0.3 is 0 Å². The number of nitrogens with zero attached hydrogens (tertiary/aromatic N) is 2. The molecule has 0 heterocycles. The summed E-state index contributed by atoms with van der Waals surface area (Å²) in [5.41, 5.74) is 0.985. The summed E-state index contributed by atoms with van der Waals surface area (Å²) in [5, 5.41) is 8.33. The van der Waals surface area contributed by atoms with Crippen LogP contribution in [0.1, 0.15) is 6.42 Å². The van der Waals surface area contributed by atoms with E-state index in [-0.39, 0.29) is 18.7 Å². The number of ketones is 1. The zero-order chi connectivity index (χ0) is 10.4. The summed E-state index contributed by atoms with van der Waals surface area (Å²) in [5.74, 6) is -0.0566. The normalized spacial score (nSPS) is 9.14. The maximum absolute atomic E-state index is 11.2. The molecule has 1 aromatic carbocycles. The number of hydrogen-bond donors (Lipinski definition) is 0. The van der Waals surface area contributed by atoms with Gasteiger partial charge in [0, 0.05) is 12.7 Å². The monoisotopic (exact) mass is 188 g/mol. The van der Waals surface area contributed by atoms with Crippen molar-refractivity contribution in [1.82, 2.24) is 0 Å². The Bertz CT molecular complexity index is 340. The van der Waals surface area contributed by atoms with E-state index >= 15 is 0 Å². The van der Waals surface area contributed by atoms with E-state index in [0.29, 0.717) is 0 Å². The van der Waals surface area contributed by atoms with Gasteiger partial charge < -0.3 is 4.90 Å². The van der Waals surface area contributed by atoms with Gasteiger partial charge in [-0.05, 0) is 12.1 Å². The molecule has 0 unspecified atom stereocenters. The first kappa shape index (κ1) is 10.3. The van der Waals surface area contributed by atoms with E-state index < -0.39 is 0 Å². The largest absolute Gasteiger partial charge is 0.367 e. The van der Waals surface area contributed by atoms with Gasteiger partial charge in [-0.15, -0.1) is 0 Å². The van der Waals surface area contributed by atoms with E-state index in [9.17, 15) is 4.79 Å². The lowest BCUT2D eigenvalue weighted by Gasteiger charge is -2.17. The van der Waals surface area contributed by atoms with Crippen LogP contribution in [0.5, 0.6) is 0 Å². The third kappa shape index (κ3) is 2.91. The number of carbonyl (C=O) groups excluding carboxylic acids is 1. The molecule has 1 rings (SSSR count). The second kappa shape index (κ2) is 5.03. The molecule has 0 aliphatic rings. The number of anilines is 1. The number of nitriles is 1. The van der Waals surface area contributed by atoms with Gasteiger partial charge in [-0.1, -0.05) is 18.2 Å². The average Bonchev–Trinajstić information content (AvgIpc) is 2.19. The average molecular weight is 188 g/mol. The highest BCUT2D eigenvalue weighted by atomic mass is 16.1. The van der Waals surface area contributed by atoms with Gasteiger partial charge in [-0.3, -0.25) is 4.79 Å². The van der Waals surface area contributed by atoms with Crippen molar-refractivity contribution < 1.29 is 4.79 Å². The van der Waals surface area contributed by atoms with Gasteiger partial charge in [0.25, 0.3) is 0 Å². The standard InChI is InChI=1S/C11H12N2O/c1-13(9-11(14)7-8-12)10-5-3-2-4-6-10/h2-6H,7,9H2,1H3. The molecule has 3 nitrogen and oxygen atoms in total. The molecular weight excluding hydrogens is 176 g/mol. The maximum atomic E-state index is 11.2. The molecule has 0 aliphatic heterocycles. The van der Waals surface area contributed by atoms with Crippen LogP contribution in [-0.2, 0) is 4.79 Å². The van der Waals surface area contributed by atoms with E-state index in [1.165, 1.54) is 0 Å². The highest BCUT2D eigenvalue weighted by molar-refractivity contribution is 5.85. The Balaban J connectivity index is 2.56. The van der Waals surface area contributed by atoms with Crippen LogP contribution in [0.4, 0.5) is 5.69 Å². The zero-order valence-electron chi connectivity index (χ0n) is 8.10. The van der Waals surface area contributed by atoms with Crippen molar-refractivity contribution in [3.05, 3.63) is 30.3 Å². The summed E-state index contributed by atoms with van der Waals surface area (Å²) < 4.78 is 0. The van der Waals surface area contributed by atoms with Gasteiger partial charge in [-0.2, -0.15) is 5.26 Å². The number of rotatable bonds is 4. The minimum atomic E-state index is -0.0566. The van der Waals surface area contributed by atoms with Crippen molar-refractivity contribution in [3.8, 4) is 6.07 Å². The van der Waals surface area contributed by atoms with E-state index in [4.69, 9.17) is 5.26 Å². The smallest absolute Gasteiger partial charge is 0.166 e. The first-order valence-corrected chi connectivity index (χ1v) is 4.39. The second-order valence-electron chi connectivity index (χ2n) is 3.07. The fraction of sp³-hybridized carbons (Fsp3) is 0.273. The molecule has 0 spiro atoms. The summed E-state index contributed by atoms with van der Waals surface area (Å²) in [6, 6.07) is 11.5. The Morgan fingerprint density at radius 2 is 2.07 bits per heavy atom. The molecule has 0 fully saturated rings. The van der Waals surface area contributed by atoms with Gasteiger partial charge in [0.2, 0.25) is 0 Å². The summed E-state index contributed by atoms with van der Waals surface area (Å²) >= 11 is 0. The molecule has 14 heavy (non-hydrogen) atoms. The highest BCUT2D eigenvalue weighted by Crippen LogP contribution is 2.10. The van der Waals surface area contributed by atoms with Crippen molar-refractivity contribution in [3.63, 3.8) is 0 Å². The fourth-order valence-electron chi connectivity index (χ4n) is 1.18. The highest BCUT2D eigenvalue weighted by Gasteiger charge is 2.05. The minimum Gasteiger partial charge on any atom is -0.367 e. The molecule has 0 aliphatic carbocycles. The summed E-state index contributed by atoms with van der Waals surface area (Å²) in [6.45, 7) is 0.289. The predicted octanol–water partition coefficient (Wildman–Crippen LogP) is 1.61. The van der Waals surface area contributed by atoms with Crippen LogP contribution >= 0.6 is 0 Å². The Morgan fingerprint density at radius 3 is 2.64 bits per heavy atom. The topological polar surface area (TPSA) is 44.1 Å².